The lowest BCUT2D eigenvalue weighted by atomic mass is 9.94. The number of carbonyl (C=O) groups excluding carboxylic acids is 1. The van der Waals surface area contributed by atoms with Crippen LogP contribution in [0.3, 0.4) is 0 Å². The number of nitrogens with one attached hydrogen (secondary N) is 1. The molecule has 0 saturated heterocycles. The zero-order chi connectivity index (χ0) is 13.0. The van der Waals surface area contributed by atoms with Crippen LogP contribution in [0.2, 0.25) is 5.02 Å². The van der Waals surface area contributed by atoms with Gasteiger partial charge in [0.05, 0.1) is 0 Å². The third-order valence-electron chi connectivity index (χ3n) is 3.49. The molecule has 1 aromatic rings. The van der Waals surface area contributed by atoms with Crippen LogP contribution in [0, 0.1) is 0 Å². The highest BCUT2D eigenvalue weighted by Crippen LogP contribution is 2.29. The van der Waals surface area contributed by atoms with Crippen LogP contribution in [-0.4, -0.2) is 11.4 Å². The van der Waals surface area contributed by atoms with Gasteiger partial charge in [-0.1, -0.05) is 36.6 Å². The van der Waals surface area contributed by atoms with Crippen LogP contribution >= 0.6 is 11.6 Å². The molecule has 0 radical (unpaired) electrons. The molecule has 0 aliphatic heterocycles. The summed E-state index contributed by atoms with van der Waals surface area (Å²) < 4.78 is 0. The Labute approximate surface area is 113 Å². The summed E-state index contributed by atoms with van der Waals surface area (Å²) in [6.07, 6.45) is 4.61. The summed E-state index contributed by atoms with van der Waals surface area (Å²) in [5.41, 5.74) is 6.90. The summed E-state index contributed by atoms with van der Waals surface area (Å²) in [5, 5.41) is 3.59. The van der Waals surface area contributed by atoms with Crippen LogP contribution in [0.5, 0.6) is 0 Å². The molecule has 3 nitrogen and oxygen atoms in total. The van der Waals surface area contributed by atoms with Gasteiger partial charge in [0.2, 0.25) is 5.91 Å². The first-order valence-electron chi connectivity index (χ1n) is 6.37. The first-order chi connectivity index (χ1) is 8.57. The van der Waals surface area contributed by atoms with Crippen LogP contribution in [-0.2, 0) is 11.3 Å². The van der Waals surface area contributed by atoms with Crippen molar-refractivity contribution in [3.8, 4) is 0 Å². The van der Waals surface area contributed by atoms with E-state index < -0.39 is 0 Å². The van der Waals surface area contributed by atoms with Crippen LogP contribution in [0.4, 0.5) is 0 Å². The standard InChI is InChI=1S/C14H19ClN2O/c15-12-5-3-4-11(8-12)10-17-13(18)9-14(16)6-1-2-7-14/h3-5,8H,1-2,6-7,9-10,16H2,(H,17,18). The Kier molecular flexibility index (Phi) is 4.25. The summed E-state index contributed by atoms with van der Waals surface area (Å²) in [7, 11) is 0. The lowest BCUT2D eigenvalue weighted by molar-refractivity contribution is -0.122. The molecule has 0 unspecified atom stereocenters. The number of amides is 1. The number of carbonyl (C=O) groups is 1. The van der Waals surface area contributed by atoms with Gasteiger partial charge >= 0.3 is 0 Å². The van der Waals surface area contributed by atoms with Crippen LogP contribution in [0.1, 0.15) is 37.7 Å². The molecular formula is C14H19ClN2O. The van der Waals surface area contributed by atoms with Gasteiger partial charge in [-0.3, -0.25) is 4.79 Å². The molecule has 0 bridgehead atoms. The molecule has 4 heteroatoms. The minimum absolute atomic E-state index is 0.0272. The number of rotatable bonds is 4. The molecule has 98 valence electrons. The van der Waals surface area contributed by atoms with Crippen molar-refractivity contribution in [3.05, 3.63) is 34.9 Å². The van der Waals surface area contributed by atoms with Gasteiger partial charge in [-0.2, -0.15) is 0 Å². The SMILES string of the molecule is NC1(CC(=O)NCc2cccc(Cl)c2)CCCC1. The minimum atomic E-state index is -0.279. The number of benzene rings is 1. The molecular weight excluding hydrogens is 248 g/mol. The van der Waals surface area contributed by atoms with E-state index in [0.29, 0.717) is 18.0 Å². The monoisotopic (exact) mass is 266 g/mol. The van der Waals surface area contributed by atoms with E-state index in [4.69, 9.17) is 17.3 Å². The highest BCUT2D eigenvalue weighted by molar-refractivity contribution is 6.30. The second-order valence-electron chi connectivity index (χ2n) is 5.15. The van der Waals surface area contributed by atoms with E-state index in [0.717, 1.165) is 31.2 Å². The predicted molar refractivity (Wildman–Crippen MR) is 73.3 cm³/mol. The molecule has 1 aliphatic carbocycles. The molecule has 0 aromatic heterocycles. The van der Waals surface area contributed by atoms with E-state index in [1.54, 1.807) is 0 Å². The molecule has 0 atom stereocenters. The Morgan fingerprint density at radius 2 is 2.11 bits per heavy atom. The quantitative estimate of drug-likeness (QED) is 0.880. The first-order valence-corrected chi connectivity index (χ1v) is 6.75. The van der Waals surface area contributed by atoms with E-state index in [1.165, 1.54) is 0 Å². The predicted octanol–water partition coefficient (Wildman–Crippen LogP) is 2.62. The lowest BCUT2D eigenvalue weighted by Crippen LogP contribution is -2.41. The van der Waals surface area contributed by atoms with Gasteiger partial charge in [0, 0.05) is 23.5 Å². The van der Waals surface area contributed by atoms with E-state index in [9.17, 15) is 4.79 Å². The Morgan fingerprint density at radius 3 is 2.78 bits per heavy atom. The molecule has 2 rings (SSSR count). The van der Waals surface area contributed by atoms with Gasteiger partial charge in [-0.05, 0) is 30.5 Å². The average molecular weight is 267 g/mol. The van der Waals surface area contributed by atoms with Crippen molar-refractivity contribution in [3.63, 3.8) is 0 Å². The zero-order valence-corrected chi connectivity index (χ0v) is 11.2. The van der Waals surface area contributed by atoms with Crippen molar-refractivity contribution in [1.29, 1.82) is 0 Å². The Morgan fingerprint density at radius 1 is 1.39 bits per heavy atom. The van der Waals surface area contributed by atoms with E-state index >= 15 is 0 Å². The van der Waals surface area contributed by atoms with Gasteiger partial charge in [0.15, 0.2) is 0 Å². The molecule has 1 aromatic carbocycles. The normalized spacial score (nSPS) is 17.7. The van der Waals surface area contributed by atoms with Crippen molar-refractivity contribution in [1.82, 2.24) is 5.32 Å². The van der Waals surface area contributed by atoms with Crippen molar-refractivity contribution in [2.24, 2.45) is 5.73 Å². The van der Waals surface area contributed by atoms with Gasteiger partial charge in [-0.25, -0.2) is 0 Å². The van der Waals surface area contributed by atoms with E-state index in [-0.39, 0.29) is 11.4 Å². The fourth-order valence-corrected chi connectivity index (χ4v) is 2.70. The molecule has 1 aliphatic rings. The van der Waals surface area contributed by atoms with E-state index in [1.807, 2.05) is 24.3 Å². The first kappa shape index (κ1) is 13.4. The number of nitrogens with two attached hydrogens (primary N) is 1. The number of hydrogen-bond acceptors (Lipinski definition) is 2. The number of hydrogen-bond donors (Lipinski definition) is 2. The molecule has 18 heavy (non-hydrogen) atoms. The molecule has 1 fully saturated rings. The van der Waals surface area contributed by atoms with Crippen molar-refractivity contribution < 1.29 is 4.79 Å². The van der Waals surface area contributed by atoms with Crippen LogP contribution in [0.15, 0.2) is 24.3 Å². The smallest absolute Gasteiger partial charge is 0.222 e. The average Bonchev–Trinajstić information content (AvgIpc) is 2.73. The topological polar surface area (TPSA) is 55.1 Å². The van der Waals surface area contributed by atoms with Gasteiger partial charge in [-0.15, -0.1) is 0 Å². The fourth-order valence-electron chi connectivity index (χ4n) is 2.49. The van der Waals surface area contributed by atoms with Gasteiger partial charge in [0.1, 0.15) is 0 Å². The molecule has 1 amide bonds. The maximum atomic E-state index is 11.8. The van der Waals surface area contributed by atoms with Crippen molar-refractivity contribution in [2.75, 3.05) is 0 Å². The summed E-state index contributed by atoms with van der Waals surface area (Å²) in [5.74, 6) is 0.0272. The maximum Gasteiger partial charge on any atom is 0.222 e. The third kappa shape index (κ3) is 3.72. The second kappa shape index (κ2) is 5.72. The summed E-state index contributed by atoms with van der Waals surface area (Å²) in [6.45, 7) is 0.509. The number of halogens is 1. The summed E-state index contributed by atoms with van der Waals surface area (Å²) in [4.78, 5) is 11.8. The molecule has 3 N–H and O–H groups in total. The molecule has 0 spiro atoms. The molecule has 0 heterocycles. The lowest BCUT2D eigenvalue weighted by Gasteiger charge is -2.22. The Hall–Kier alpha value is -1.06. The summed E-state index contributed by atoms with van der Waals surface area (Å²) >= 11 is 5.89. The zero-order valence-electron chi connectivity index (χ0n) is 10.4. The third-order valence-corrected chi connectivity index (χ3v) is 3.73. The largest absolute Gasteiger partial charge is 0.352 e. The second-order valence-corrected chi connectivity index (χ2v) is 5.59. The fraction of sp³-hybridized carbons (Fsp3) is 0.500. The Balaban J connectivity index is 1.81. The van der Waals surface area contributed by atoms with Crippen molar-refractivity contribution >= 4 is 17.5 Å². The van der Waals surface area contributed by atoms with Crippen LogP contribution in [0.25, 0.3) is 0 Å². The van der Waals surface area contributed by atoms with E-state index in [2.05, 4.69) is 5.32 Å². The van der Waals surface area contributed by atoms with Crippen molar-refractivity contribution in [2.45, 2.75) is 44.2 Å². The van der Waals surface area contributed by atoms with Crippen LogP contribution < -0.4 is 11.1 Å². The van der Waals surface area contributed by atoms with Gasteiger partial charge < -0.3 is 11.1 Å². The highest BCUT2D eigenvalue weighted by Gasteiger charge is 2.31. The Bertz CT molecular complexity index is 428. The minimum Gasteiger partial charge on any atom is -0.352 e. The maximum absolute atomic E-state index is 11.8. The molecule has 1 saturated carbocycles. The van der Waals surface area contributed by atoms with Gasteiger partial charge in [0.25, 0.3) is 0 Å². The highest BCUT2D eigenvalue weighted by atomic mass is 35.5. The summed E-state index contributed by atoms with van der Waals surface area (Å²) in [6, 6.07) is 7.50.